The Morgan fingerprint density at radius 3 is 2.48 bits per heavy atom. The minimum absolute atomic E-state index is 0.320. The van der Waals surface area contributed by atoms with Gasteiger partial charge in [0.15, 0.2) is 0 Å². The van der Waals surface area contributed by atoms with Gasteiger partial charge in [0.2, 0.25) is 0 Å². The fourth-order valence-corrected chi connectivity index (χ4v) is 4.87. The van der Waals surface area contributed by atoms with E-state index in [1.165, 1.54) is 4.31 Å². The summed E-state index contributed by atoms with van der Waals surface area (Å²) in [5.74, 6) is 0.515. The molecule has 1 heterocycles. The van der Waals surface area contributed by atoms with Crippen molar-refractivity contribution in [3.8, 4) is 0 Å². The van der Waals surface area contributed by atoms with Crippen LogP contribution in [0, 0.1) is 13.8 Å². The van der Waals surface area contributed by atoms with Gasteiger partial charge in [-0.05, 0) is 31.0 Å². The SMILES string of the molecule is Cc1cc(C)c(S(=O)(=O)N2CCN=C2c2ccccc2)cc1Br. The maximum Gasteiger partial charge on any atom is 0.265 e. The topological polar surface area (TPSA) is 49.7 Å². The Morgan fingerprint density at radius 1 is 1.09 bits per heavy atom. The smallest absolute Gasteiger partial charge is 0.265 e. The molecule has 3 rings (SSSR count). The molecule has 6 heteroatoms. The van der Waals surface area contributed by atoms with Crippen molar-refractivity contribution in [2.24, 2.45) is 4.99 Å². The van der Waals surface area contributed by atoms with Gasteiger partial charge >= 0.3 is 0 Å². The van der Waals surface area contributed by atoms with Crippen molar-refractivity contribution in [3.05, 3.63) is 63.6 Å². The first-order valence-electron chi connectivity index (χ1n) is 7.30. The molecule has 0 N–H and O–H groups in total. The van der Waals surface area contributed by atoms with Crippen LogP contribution in [0.5, 0.6) is 0 Å². The molecule has 0 saturated heterocycles. The van der Waals surface area contributed by atoms with E-state index in [0.29, 0.717) is 23.8 Å². The van der Waals surface area contributed by atoms with Gasteiger partial charge in [0.25, 0.3) is 10.0 Å². The fourth-order valence-electron chi connectivity index (χ4n) is 2.69. The number of aryl methyl sites for hydroxylation is 2. The molecule has 0 spiro atoms. The van der Waals surface area contributed by atoms with Crippen molar-refractivity contribution in [1.29, 1.82) is 0 Å². The van der Waals surface area contributed by atoms with Gasteiger partial charge in [0.05, 0.1) is 18.0 Å². The van der Waals surface area contributed by atoms with E-state index in [2.05, 4.69) is 20.9 Å². The standard InChI is InChI=1S/C17H17BrN2O2S/c1-12-10-13(2)16(11-15(12)18)23(21,22)20-9-8-19-17(20)14-6-4-3-5-7-14/h3-7,10-11H,8-9H2,1-2H3. The van der Waals surface area contributed by atoms with Crippen molar-refractivity contribution >= 4 is 31.8 Å². The number of aliphatic imine (C=N–C) groups is 1. The molecule has 2 aromatic carbocycles. The van der Waals surface area contributed by atoms with Crippen LogP contribution in [0.1, 0.15) is 16.7 Å². The van der Waals surface area contributed by atoms with E-state index >= 15 is 0 Å². The monoisotopic (exact) mass is 392 g/mol. The van der Waals surface area contributed by atoms with Crippen LogP contribution in [0.3, 0.4) is 0 Å². The molecule has 1 aliphatic rings. The van der Waals surface area contributed by atoms with E-state index in [1.54, 1.807) is 6.07 Å². The Kier molecular flexibility index (Phi) is 4.29. The highest BCUT2D eigenvalue weighted by molar-refractivity contribution is 9.10. The molecule has 0 unspecified atom stereocenters. The molecule has 0 saturated carbocycles. The van der Waals surface area contributed by atoms with Gasteiger partial charge < -0.3 is 0 Å². The van der Waals surface area contributed by atoms with Gasteiger partial charge in [-0.25, -0.2) is 12.7 Å². The number of hydrogen-bond donors (Lipinski definition) is 0. The van der Waals surface area contributed by atoms with Gasteiger partial charge in [-0.2, -0.15) is 0 Å². The summed E-state index contributed by atoms with van der Waals surface area (Å²) in [7, 11) is -3.63. The largest absolute Gasteiger partial charge is 0.265 e. The lowest BCUT2D eigenvalue weighted by molar-refractivity contribution is 0.537. The molecule has 0 aromatic heterocycles. The highest BCUT2D eigenvalue weighted by atomic mass is 79.9. The molecule has 1 aliphatic heterocycles. The molecule has 0 aliphatic carbocycles. The average Bonchev–Trinajstić information content (AvgIpc) is 3.02. The summed E-state index contributed by atoms with van der Waals surface area (Å²) in [6, 6.07) is 13.0. The van der Waals surface area contributed by atoms with Crippen LogP contribution in [0.15, 0.2) is 56.8 Å². The lowest BCUT2D eigenvalue weighted by Crippen LogP contribution is -2.35. The van der Waals surface area contributed by atoms with Gasteiger partial charge in [0.1, 0.15) is 5.84 Å². The molecule has 120 valence electrons. The number of rotatable bonds is 3. The normalized spacial score (nSPS) is 14.9. The maximum absolute atomic E-state index is 13.1. The first kappa shape index (κ1) is 16.2. The predicted molar refractivity (Wildman–Crippen MR) is 95.4 cm³/mol. The van der Waals surface area contributed by atoms with E-state index in [9.17, 15) is 8.42 Å². The minimum atomic E-state index is -3.63. The number of sulfonamides is 1. The fraction of sp³-hybridized carbons (Fsp3) is 0.235. The van der Waals surface area contributed by atoms with Gasteiger partial charge in [-0.1, -0.05) is 52.3 Å². The molecule has 23 heavy (non-hydrogen) atoms. The Labute approximate surface area is 145 Å². The molecule has 0 amide bonds. The van der Waals surface area contributed by atoms with Crippen molar-refractivity contribution in [2.45, 2.75) is 18.7 Å². The molecule has 2 aromatic rings. The summed E-state index contributed by atoms with van der Waals surface area (Å²) in [6.45, 7) is 4.62. The third kappa shape index (κ3) is 2.93. The minimum Gasteiger partial charge on any atom is -0.265 e. The zero-order valence-corrected chi connectivity index (χ0v) is 15.4. The van der Waals surface area contributed by atoms with Crippen molar-refractivity contribution in [1.82, 2.24) is 4.31 Å². The lowest BCUT2D eigenvalue weighted by atomic mass is 10.2. The molecular formula is C17H17BrN2O2S. The van der Waals surface area contributed by atoms with Gasteiger partial charge in [0, 0.05) is 10.0 Å². The van der Waals surface area contributed by atoms with E-state index in [4.69, 9.17) is 0 Å². The highest BCUT2D eigenvalue weighted by Gasteiger charge is 2.32. The molecule has 0 fully saturated rings. The van der Waals surface area contributed by atoms with Crippen molar-refractivity contribution in [3.63, 3.8) is 0 Å². The van der Waals surface area contributed by atoms with Crippen molar-refractivity contribution < 1.29 is 8.42 Å². The first-order chi connectivity index (χ1) is 10.9. The summed E-state index contributed by atoms with van der Waals surface area (Å²) in [5, 5.41) is 0. The van der Waals surface area contributed by atoms with E-state index in [-0.39, 0.29) is 0 Å². The first-order valence-corrected chi connectivity index (χ1v) is 9.54. The van der Waals surface area contributed by atoms with E-state index in [1.807, 2.05) is 50.2 Å². The summed E-state index contributed by atoms with van der Waals surface area (Å²) < 4.78 is 28.5. The van der Waals surface area contributed by atoms with Crippen LogP contribution in [0.4, 0.5) is 0 Å². The highest BCUT2D eigenvalue weighted by Crippen LogP contribution is 2.28. The van der Waals surface area contributed by atoms with Gasteiger partial charge in [-0.3, -0.25) is 4.99 Å². The number of benzene rings is 2. The van der Waals surface area contributed by atoms with Crippen LogP contribution in [0.25, 0.3) is 0 Å². The van der Waals surface area contributed by atoms with E-state index < -0.39 is 10.0 Å². The zero-order chi connectivity index (χ0) is 16.6. The number of hydrogen-bond acceptors (Lipinski definition) is 3. The summed E-state index contributed by atoms with van der Waals surface area (Å²) >= 11 is 3.43. The molecule has 0 radical (unpaired) electrons. The summed E-state index contributed by atoms with van der Waals surface area (Å²) in [5.41, 5.74) is 2.57. The third-order valence-electron chi connectivity index (χ3n) is 3.86. The van der Waals surface area contributed by atoms with E-state index in [0.717, 1.165) is 21.2 Å². The summed E-state index contributed by atoms with van der Waals surface area (Å²) in [6.07, 6.45) is 0. The van der Waals surface area contributed by atoms with Crippen LogP contribution >= 0.6 is 15.9 Å². The van der Waals surface area contributed by atoms with Crippen molar-refractivity contribution in [2.75, 3.05) is 13.1 Å². The summed E-state index contributed by atoms with van der Waals surface area (Å²) in [4.78, 5) is 4.72. The Bertz CT molecular complexity index is 877. The zero-order valence-electron chi connectivity index (χ0n) is 13.0. The maximum atomic E-state index is 13.1. The van der Waals surface area contributed by atoms with Crippen LogP contribution < -0.4 is 0 Å². The second-order valence-electron chi connectivity index (χ2n) is 5.52. The van der Waals surface area contributed by atoms with Gasteiger partial charge in [-0.15, -0.1) is 0 Å². The number of nitrogens with zero attached hydrogens (tertiary/aromatic N) is 2. The average molecular weight is 393 g/mol. The predicted octanol–water partition coefficient (Wildman–Crippen LogP) is 3.52. The molecule has 4 nitrogen and oxygen atoms in total. The molecular weight excluding hydrogens is 376 g/mol. The number of halogens is 1. The lowest BCUT2D eigenvalue weighted by Gasteiger charge is -2.22. The van der Waals surface area contributed by atoms with Crippen LogP contribution in [0.2, 0.25) is 0 Å². The Hall–Kier alpha value is -1.66. The molecule has 0 atom stereocenters. The Balaban J connectivity index is 2.07. The van der Waals surface area contributed by atoms with Crippen LogP contribution in [-0.2, 0) is 10.0 Å². The Morgan fingerprint density at radius 2 is 1.78 bits per heavy atom. The second kappa shape index (κ2) is 6.09. The number of amidine groups is 1. The second-order valence-corrected chi connectivity index (χ2v) is 8.20. The van der Waals surface area contributed by atoms with Crippen LogP contribution in [-0.4, -0.2) is 31.6 Å². The molecule has 0 bridgehead atoms. The third-order valence-corrected chi connectivity index (χ3v) is 6.64. The quantitative estimate of drug-likeness (QED) is 0.801.